The van der Waals surface area contributed by atoms with Crippen LogP contribution in [-0.2, 0) is 6.42 Å². The SMILES string of the molecule is CC1CCCC(NC2CCc3c(O)cccc32)C1C. The molecule has 2 aliphatic carbocycles. The van der Waals surface area contributed by atoms with E-state index < -0.39 is 0 Å². The van der Waals surface area contributed by atoms with Crippen molar-refractivity contribution in [2.24, 2.45) is 11.8 Å². The third-order valence-electron chi connectivity index (χ3n) is 5.37. The Morgan fingerprint density at radius 3 is 2.84 bits per heavy atom. The Bertz CT molecular complexity index is 457. The van der Waals surface area contributed by atoms with E-state index in [1.165, 1.54) is 24.8 Å². The highest BCUT2D eigenvalue weighted by atomic mass is 16.3. The number of nitrogens with one attached hydrogen (secondary N) is 1. The zero-order chi connectivity index (χ0) is 13.4. The van der Waals surface area contributed by atoms with Crippen molar-refractivity contribution in [3.63, 3.8) is 0 Å². The van der Waals surface area contributed by atoms with E-state index in [1.54, 1.807) is 0 Å². The molecule has 4 unspecified atom stereocenters. The number of phenolic OH excluding ortho intramolecular Hbond substituents is 1. The van der Waals surface area contributed by atoms with Gasteiger partial charge < -0.3 is 10.4 Å². The molecule has 0 bridgehead atoms. The number of phenols is 1. The maximum absolute atomic E-state index is 9.92. The lowest BCUT2D eigenvalue weighted by atomic mass is 9.77. The second kappa shape index (κ2) is 5.16. The smallest absolute Gasteiger partial charge is 0.119 e. The predicted octanol–water partition coefficient (Wildman–Crippen LogP) is 3.79. The van der Waals surface area contributed by atoms with Crippen molar-refractivity contribution >= 4 is 0 Å². The van der Waals surface area contributed by atoms with Crippen LogP contribution in [0.5, 0.6) is 5.75 Å². The average molecular weight is 259 g/mol. The summed E-state index contributed by atoms with van der Waals surface area (Å²) < 4.78 is 0. The lowest BCUT2D eigenvalue weighted by molar-refractivity contribution is 0.193. The van der Waals surface area contributed by atoms with Gasteiger partial charge in [-0.25, -0.2) is 0 Å². The van der Waals surface area contributed by atoms with Crippen LogP contribution >= 0.6 is 0 Å². The predicted molar refractivity (Wildman–Crippen MR) is 78.3 cm³/mol. The summed E-state index contributed by atoms with van der Waals surface area (Å²) in [7, 11) is 0. The molecule has 0 saturated heterocycles. The molecule has 0 heterocycles. The van der Waals surface area contributed by atoms with Crippen LogP contribution in [-0.4, -0.2) is 11.1 Å². The molecule has 1 fully saturated rings. The first-order valence-electron chi connectivity index (χ1n) is 7.73. The van der Waals surface area contributed by atoms with Crippen LogP contribution in [0.25, 0.3) is 0 Å². The molecule has 19 heavy (non-hydrogen) atoms. The number of aromatic hydroxyl groups is 1. The largest absolute Gasteiger partial charge is 0.508 e. The first-order valence-corrected chi connectivity index (χ1v) is 7.73. The minimum atomic E-state index is 0.444. The van der Waals surface area contributed by atoms with Crippen molar-refractivity contribution in [3.8, 4) is 5.75 Å². The van der Waals surface area contributed by atoms with Gasteiger partial charge in [0.2, 0.25) is 0 Å². The van der Waals surface area contributed by atoms with Crippen LogP contribution in [0.4, 0.5) is 0 Å². The molecule has 1 aromatic rings. The first-order chi connectivity index (χ1) is 9.16. The van der Waals surface area contributed by atoms with E-state index in [2.05, 4.69) is 25.2 Å². The second-order valence-corrected chi connectivity index (χ2v) is 6.48. The summed E-state index contributed by atoms with van der Waals surface area (Å²) in [6, 6.07) is 7.05. The van der Waals surface area contributed by atoms with Gasteiger partial charge in [0, 0.05) is 12.1 Å². The van der Waals surface area contributed by atoms with Crippen molar-refractivity contribution < 1.29 is 5.11 Å². The van der Waals surface area contributed by atoms with Crippen molar-refractivity contribution in [2.75, 3.05) is 0 Å². The number of hydrogen-bond acceptors (Lipinski definition) is 2. The van der Waals surface area contributed by atoms with Crippen LogP contribution in [0.3, 0.4) is 0 Å². The lowest BCUT2D eigenvalue weighted by Crippen LogP contribution is -2.41. The molecule has 2 aliphatic rings. The molecule has 0 amide bonds. The van der Waals surface area contributed by atoms with E-state index >= 15 is 0 Å². The molecule has 2 heteroatoms. The third kappa shape index (κ3) is 2.38. The minimum Gasteiger partial charge on any atom is -0.508 e. The Kier molecular flexibility index (Phi) is 3.53. The number of rotatable bonds is 2. The highest BCUT2D eigenvalue weighted by Crippen LogP contribution is 2.38. The van der Waals surface area contributed by atoms with Gasteiger partial charge in [0.15, 0.2) is 0 Å². The van der Waals surface area contributed by atoms with Crippen molar-refractivity contribution in [1.82, 2.24) is 5.32 Å². The van der Waals surface area contributed by atoms with Gasteiger partial charge in [0.05, 0.1) is 0 Å². The van der Waals surface area contributed by atoms with Crippen LogP contribution < -0.4 is 5.32 Å². The van der Waals surface area contributed by atoms with Crippen molar-refractivity contribution in [2.45, 2.75) is 58.0 Å². The van der Waals surface area contributed by atoms with Gasteiger partial charge in [0.1, 0.15) is 5.75 Å². The highest BCUT2D eigenvalue weighted by Gasteiger charge is 2.31. The van der Waals surface area contributed by atoms with Gasteiger partial charge in [-0.2, -0.15) is 0 Å². The summed E-state index contributed by atoms with van der Waals surface area (Å²) in [5, 5.41) is 13.8. The minimum absolute atomic E-state index is 0.444. The monoisotopic (exact) mass is 259 g/mol. The van der Waals surface area contributed by atoms with Crippen molar-refractivity contribution in [3.05, 3.63) is 29.3 Å². The Labute approximate surface area is 116 Å². The third-order valence-corrected chi connectivity index (χ3v) is 5.37. The van der Waals surface area contributed by atoms with Crippen LogP contribution in [0.15, 0.2) is 18.2 Å². The molecule has 1 aromatic carbocycles. The topological polar surface area (TPSA) is 32.3 Å². The second-order valence-electron chi connectivity index (χ2n) is 6.48. The van der Waals surface area contributed by atoms with Gasteiger partial charge >= 0.3 is 0 Å². The van der Waals surface area contributed by atoms with E-state index in [4.69, 9.17) is 0 Å². The number of hydrogen-bond donors (Lipinski definition) is 2. The van der Waals surface area contributed by atoms with E-state index in [0.717, 1.165) is 30.2 Å². The van der Waals surface area contributed by atoms with E-state index in [0.29, 0.717) is 17.8 Å². The zero-order valence-corrected chi connectivity index (χ0v) is 12.0. The van der Waals surface area contributed by atoms with E-state index in [9.17, 15) is 5.11 Å². The summed E-state index contributed by atoms with van der Waals surface area (Å²) in [4.78, 5) is 0. The van der Waals surface area contributed by atoms with Gasteiger partial charge in [-0.1, -0.05) is 38.8 Å². The van der Waals surface area contributed by atoms with Crippen LogP contribution in [0.2, 0.25) is 0 Å². The van der Waals surface area contributed by atoms with E-state index in [1.807, 2.05) is 12.1 Å². The lowest BCUT2D eigenvalue weighted by Gasteiger charge is -2.36. The summed E-state index contributed by atoms with van der Waals surface area (Å²) >= 11 is 0. The van der Waals surface area contributed by atoms with Crippen LogP contribution in [0.1, 0.15) is 56.7 Å². The van der Waals surface area contributed by atoms with Gasteiger partial charge in [-0.05, 0) is 48.3 Å². The Hall–Kier alpha value is -1.02. The molecule has 0 aromatic heterocycles. The maximum Gasteiger partial charge on any atom is 0.119 e. The van der Waals surface area contributed by atoms with Gasteiger partial charge in [0.25, 0.3) is 0 Å². The Balaban J connectivity index is 1.74. The van der Waals surface area contributed by atoms with E-state index in [-0.39, 0.29) is 0 Å². The Morgan fingerprint density at radius 1 is 1.16 bits per heavy atom. The van der Waals surface area contributed by atoms with Crippen molar-refractivity contribution in [1.29, 1.82) is 0 Å². The summed E-state index contributed by atoms with van der Waals surface area (Å²) in [5.41, 5.74) is 2.49. The molecule has 4 atom stereocenters. The molecule has 0 radical (unpaired) electrons. The Morgan fingerprint density at radius 2 is 2.00 bits per heavy atom. The fraction of sp³-hybridized carbons (Fsp3) is 0.647. The zero-order valence-electron chi connectivity index (χ0n) is 12.0. The average Bonchev–Trinajstić information content (AvgIpc) is 2.80. The summed E-state index contributed by atoms with van der Waals surface area (Å²) in [6.07, 6.45) is 6.17. The van der Waals surface area contributed by atoms with Crippen LogP contribution in [0, 0.1) is 11.8 Å². The maximum atomic E-state index is 9.92. The molecule has 1 saturated carbocycles. The summed E-state index contributed by atoms with van der Waals surface area (Å²) in [6.45, 7) is 4.77. The standard InChI is InChI=1S/C17H25NO/c1-11-5-3-7-15(12(11)2)18-16-10-9-14-13(16)6-4-8-17(14)19/h4,6,8,11-12,15-16,18-19H,3,5,7,9-10H2,1-2H3. The first kappa shape index (κ1) is 13.0. The molecule has 2 N–H and O–H groups in total. The fourth-order valence-electron chi connectivity index (χ4n) is 3.88. The molecule has 3 rings (SSSR count). The number of benzene rings is 1. The quantitative estimate of drug-likeness (QED) is 0.847. The normalized spacial score (nSPS) is 34.2. The molecular weight excluding hydrogens is 234 g/mol. The molecular formula is C17H25NO. The van der Waals surface area contributed by atoms with Gasteiger partial charge in [-0.15, -0.1) is 0 Å². The highest BCUT2D eigenvalue weighted by molar-refractivity contribution is 5.44. The molecule has 2 nitrogen and oxygen atoms in total. The number of fused-ring (bicyclic) bond motifs is 1. The molecule has 104 valence electrons. The van der Waals surface area contributed by atoms with Gasteiger partial charge in [-0.3, -0.25) is 0 Å². The molecule has 0 aliphatic heterocycles. The summed E-state index contributed by atoms with van der Waals surface area (Å²) in [5.74, 6) is 2.07. The fourth-order valence-corrected chi connectivity index (χ4v) is 3.88. The molecule has 0 spiro atoms.